The van der Waals surface area contributed by atoms with Gasteiger partial charge in [-0.05, 0) is 38.5 Å². The molecule has 3 atom stereocenters. The summed E-state index contributed by atoms with van der Waals surface area (Å²) >= 11 is 0. The molecule has 0 aromatic carbocycles. The van der Waals surface area contributed by atoms with E-state index < -0.39 is 20.0 Å². The quantitative estimate of drug-likeness (QED) is 0.0243. The van der Waals surface area contributed by atoms with E-state index in [-0.39, 0.29) is 19.1 Å². The third-order valence-corrected chi connectivity index (χ3v) is 14.2. The zero-order valence-corrected chi connectivity index (χ0v) is 45.6. The van der Waals surface area contributed by atoms with Gasteiger partial charge < -0.3 is 19.8 Å². The molecule has 0 saturated heterocycles. The van der Waals surface area contributed by atoms with E-state index in [4.69, 9.17) is 9.05 Å². The van der Waals surface area contributed by atoms with Gasteiger partial charge in [0.15, 0.2) is 0 Å². The molecule has 0 aromatic heterocycles. The van der Waals surface area contributed by atoms with Crippen LogP contribution in [0.4, 0.5) is 0 Å². The maximum absolute atomic E-state index is 12.9. The van der Waals surface area contributed by atoms with Crippen molar-refractivity contribution < 1.29 is 32.9 Å². The van der Waals surface area contributed by atoms with Gasteiger partial charge in [0.25, 0.3) is 0 Å². The predicted octanol–water partition coefficient (Wildman–Crippen LogP) is 17.2. The second kappa shape index (κ2) is 49.0. The molecule has 0 aliphatic rings. The lowest BCUT2D eigenvalue weighted by atomic mass is 10.0. The summed E-state index contributed by atoms with van der Waals surface area (Å²) in [5.74, 6) is -0.156. The summed E-state index contributed by atoms with van der Waals surface area (Å²) in [7, 11) is 1.61. The van der Waals surface area contributed by atoms with Crippen LogP contribution in [0.1, 0.15) is 284 Å². The Labute approximate surface area is 411 Å². The molecule has 0 heterocycles. The summed E-state index contributed by atoms with van der Waals surface area (Å²) in [5, 5.41) is 14.0. The highest BCUT2D eigenvalue weighted by molar-refractivity contribution is 7.47. The molecule has 0 aliphatic heterocycles. The minimum Gasteiger partial charge on any atom is -0.391 e. The Balaban J connectivity index is 4.04. The van der Waals surface area contributed by atoms with Crippen molar-refractivity contribution in [1.29, 1.82) is 0 Å². The number of nitrogens with one attached hydrogen (secondary N) is 1. The van der Waals surface area contributed by atoms with Gasteiger partial charge in [-0.15, -0.1) is 0 Å². The van der Waals surface area contributed by atoms with Crippen LogP contribution in [0.25, 0.3) is 0 Å². The molecule has 3 N–H and O–H groups in total. The minimum absolute atomic E-state index is 0.0727. The molecule has 0 fully saturated rings. The molecular formula is C57H114N2O6P+. The van der Waals surface area contributed by atoms with Gasteiger partial charge in [0.2, 0.25) is 5.91 Å². The van der Waals surface area contributed by atoms with Crippen LogP contribution in [-0.2, 0) is 18.4 Å². The SMILES string of the molecule is CCCC/C=C\C/C=C\CCCCCCCC(=O)NC(COP(=O)(O)OCC[N+](C)(C)C)C(O)CCCCCCCCCCCCCCCCCCCCCCCCCCCCCCCC. The highest BCUT2D eigenvalue weighted by Crippen LogP contribution is 2.43. The predicted molar refractivity (Wildman–Crippen MR) is 286 cm³/mol. The molecule has 0 spiro atoms. The monoisotopic (exact) mass is 954 g/mol. The number of phosphoric ester groups is 1. The number of aliphatic hydroxyl groups is 1. The van der Waals surface area contributed by atoms with E-state index in [9.17, 15) is 19.4 Å². The molecule has 66 heavy (non-hydrogen) atoms. The van der Waals surface area contributed by atoms with Crippen molar-refractivity contribution in [3.05, 3.63) is 24.3 Å². The number of quaternary nitrogens is 1. The van der Waals surface area contributed by atoms with E-state index in [1.165, 1.54) is 193 Å². The number of hydrogen-bond acceptors (Lipinski definition) is 5. The number of hydrogen-bond donors (Lipinski definition) is 3. The Morgan fingerprint density at radius 2 is 0.879 bits per heavy atom. The smallest absolute Gasteiger partial charge is 0.391 e. The molecule has 9 heteroatoms. The average molecular weight is 955 g/mol. The van der Waals surface area contributed by atoms with E-state index in [0.717, 1.165) is 64.2 Å². The first kappa shape index (κ1) is 65.0. The number of allylic oxidation sites excluding steroid dienone is 4. The summed E-state index contributed by atoms with van der Waals surface area (Å²) in [6.07, 6.45) is 61.1. The molecule has 0 aromatic rings. The number of unbranched alkanes of at least 4 members (excludes halogenated alkanes) is 36. The lowest BCUT2D eigenvalue weighted by Gasteiger charge is -2.26. The van der Waals surface area contributed by atoms with E-state index >= 15 is 0 Å². The minimum atomic E-state index is -4.32. The molecule has 0 aliphatic carbocycles. The third kappa shape index (κ3) is 50.8. The standard InChI is InChI=1S/C57H113N2O6P/c1-6-8-10-12-14-16-18-20-22-23-24-25-26-27-28-29-30-31-32-33-34-35-36-37-38-40-42-44-46-48-50-56(60)55(54-65-66(62,63)64-53-52-59(3,4)5)58-57(61)51-49-47-45-43-41-39-21-19-17-15-13-11-9-7-2/h13,15,19,21,55-56,60H,6-12,14,16-18,20,22-54H2,1-5H3,(H-,58,61,62,63)/p+1/b15-13-,21-19-. The van der Waals surface area contributed by atoms with Gasteiger partial charge in [0.1, 0.15) is 13.2 Å². The normalized spacial score (nSPS) is 14.1. The number of carbonyl (C=O) groups excluding carboxylic acids is 1. The Morgan fingerprint density at radius 1 is 0.515 bits per heavy atom. The molecule has 8 nitrogen and oxygen atoms in total. The number of rotatable bonds is 53. The summed E-state index contributed by atoms with van der Waals surface area (Å²) < 4.78 is 23.7. The number of aliphatic hydroxyl groups excluding tert-OH is 1. The summed E-state index contributed by atoms with van der Waals surface area (Å²) in [5.41, 5.74) is 0. The number of nitrogens with zero attached hydrogens (tertiary/aromatic N) is 1. The lowest BCUT2D eigenvalue weighted by Crippen LogP contribution is -2.46. The van der Waals surface area contributed by atoms with Gasteiger partial charge in [-0.3, -0.25) is 13.8 Å². The zero-order valence-electron chi connectivity index (χ0n) is 44.7. The number of carbonyl (C=O) groups is 1. The summed E-state index contributed by atoms with van der Waals surface area (Å²) in [6, 6.07) is -0.767. The fourth-order valence-electron chi connectivity index (χ4n) is 8.65. The van der Waals surface area contributed by atoms with Gasteiger partial charge >= 0.3 is 7.82 Å². The van der Waals surface area contributed by atoms with E-state index in [1.807, 2.05) is 21.1 Å². The van der Waals surface area contributed by atoms with Crippen molar-refractivity contribution in [2.75, 3.05) is 40.9 Å². The maximum Gasteiger partial charge on any atom is 0.472 e. The summed E-state index contributed by atoms with van der Waals surface area (Å²) in [6.45, 7) is 4.87. The Morgan fingerprint density at radius 3 is 1.29 bits per heavy atom. The van der Waals surface area contributed by atoms with Crippen LogP contribution in [-0.4, -0.2) is 73.4 Å². The average Bonchev–Trinajstić information content (AvgIpc) is 3.28. The molecular weight excluding hydrogens is 840 g/mol. The van der Waals surface area contributed by atoms with Crippen molar-refractivity contribution in [3.8, 4) is 0 Å². The third-order valence-electron chi connectivity index (χ3n) is 13.2. The fraction of sp³-hybridized carbons (Fsp3) is 0.912. The second-order valence-electron chi connectivity index (χ2n) is 21.0. The highest BCUT2D eigenvalue weighted by Gasteiger charge is 2.28. The molecule has 0 rings (SSSR count). The van der Waals surface area contributed by atoms with Crippen LogP contribution < -0.4 is 5.32 Å². The topological polar surface area (TPSA) is 105 Å². The second-order valence-corrected chi connectivity index (χ2v) is 22.5. The van der Waals surface area contributed by atoms with Crippen molar-refractivity contribution >= 4 is 13.7 Å². The molecule has 0 radical (unpaired) electrons. The summed E-state index contributed by atoms with van der Waals surface area (Å²) in [4.78, 5) is 23.3. The number of likely N-dealkylation sites (N-methyl/N-ethyl adjacent to an activating group) is 1. The van der Waals surface area contributed by atoms with Crippen LogP contribution in [0.2, 0.25) is 0 Å². The van der Waals surface area contributed by atoms with Crippen molar-refractivity contribution in [3.63, 3.8) is 0 Å². The van der Waals surface area contributed by atoms with Gasteiger partial charge in [0, 0.05) is 6.42 Å². The van der Waals surface area contributed by atoms with E-state index in [0.29, 0.717) is 23.9 Å². The van der Waals surface area contributed by atoms with Crippen LogP contribution in [0.3, 0.4) is 0 Å². The van der Waals surface area contributed by atoms with Crippen LogP contribution in [0.15, 0.2) is 24.3 Å². The maximum atomic E-state index is 12.9. The zero-order chi connectivity index (χ0) is 48.5. The van der Waals surface area contributed by atoms with Crippen molar-refractivity contribution in [2.45, 2.75) is 296 Å². The van der Waals surface area contributed by atoms with Crippen molar-refractivity contribution in [1.82, 2.24) is 5.32 Å². The molecule has 0 saturated carbocycles. The number of phosphoric acid groups is 1. The Kier molecular flexibility index (Phi) is 48.2. The van der Waals surface area contributed by atoms with Crippen LogP contribution in [0.5, 0.6) is 0 Å². The Hall–Kier alpha value is -1.02. The first-order valence-corrected chi connectivity index (χ1v) is 30.2. The lowest BCUT2D eigenvalue weighted by molar-refractivity contribution is -0.870. The Bertz CT molecular complexity index is 1130. The van der Waals surface area contributed by atoms with Gasteiger partial charge in [-0.2, -0.15) is 0 Å². The first-order valence-electron chi connectivity index (χ1n) is 28.7. The van der Waals surface area contributed by atoms with Crippen LogP contribution >= 0.6 is 7.82 Å². The van der Waals surface area contributed by atoms with Gasteiger partial charge in [-0.1, -0.05) is 263 Å². The molecule has 392 valence electrons. The van der Waals surface area contributed by atoms with Crippen LogP contribution in [0, 0.1) is 0 Å². The number of amides is 1. The fourth-order valence-corrected chi connectivity index (χ4v) is 9.39. The van der Waals surface area contributed by atoms with Gasteiger partial charge in [-0.25, -0.2) is 4.57 Å². The van der Waals surface area contributed by atoms with E-state index in [1.54, 1.807) is 0 Å². The highest BCUT2D eigenvalue weighted by atomic mass is 31.2. The molecule has 1 amide bonds. The molecule has 0 bridgehead atoms. The van der Waals surface area contributed by atoms with Crippen molar-refractivity contribution in [2.24, 2.45) is 0 Å². The molecule has 3 unspecified atom stereocenters. The largest absolute Gasteiger partial charge is 0.472 e. The van der Waals surface area contributed by atoms with E-state index in [2.05, 4.69) is 43.5 Å². The van der Waals surface area contributed by atoms with Gasteiger partial charge in [0.05, 0.1) is 39.9 Å². The first-order chi connectivity index (χ1) is 32.0.